The van der Waals surface area contributed by atoms with Crippen molar-refractivity contribution in [2.45, 2.75) is 18.8 Å². The average molecular weight is 412 g/mol. The van der Waals surface area contributed by atoms with Gasteiger partial charge in [0.2, 0.25) is 0 Å². The molecule has 3 aromatic rings. The van der Waals surface area contributed by atoms with Crippen LogP contribution in [0.3, 0.4) is 0 Å². The molecule has 1 fully saturated rings. The fourth-order valence-corrected chi connectivity index (χ4v) is 4.82. The molecule has 0 amide bonds. The molecule has 1 aliphatic rings. The fourth-order valence-electron chi connectivity index (χ4n) is 3.71. The van der Waals surface area contributed by atoms with Gasteiger partial charge in [-0.05, 0) is 72.2 Å². The second-order valence-electron chi connectivity index (χ2n) is 6.98. The number of halogens is 1. The average Bonchev–Trinajstić information content (AvgIpc) is 2.74. The van der Waals surface area contributed by atoms with Crippen molar-refractivity contribution in [1.29, 1.82) is 0 Å². The van der Waals surface area contributed by atoms with Gasteiger partial charge in [-0.2, -0.15) is 11.8 Å². The molecule has 29 heavy (non-hydrogen) atoms. The number of hydrogen-bond acceptors (Lipinski definition) is 5. The van der Waals surface area contributed by atoms with Crippen LogP contribution in [0.4, 0.5) is 15.8 Å². The van der Waals surface area contributed by atoms with Crippen molar-refractivity contribution in [2.75, 3.05) is 23.9 Å². The third-order valence-corrected chi connectivity index (χ3v) is 6.29. The minimum atomic E-state index is -1.06. The van der Waals surface area contributed by atoms with Crippen LogP contribution in [0.5, 0.6) is 5.75 Å². The zero-order chi connectivity index (χ0) is 20.4. The van der Waals surface area contributed by atoms with Gasteiger partial charge in [0.25, 0.3) is 0 Å². The predicted molar refractivity (Wildman–Crippen MR) is 114 cm³/mol. The van der Waals surface area contributed by atoms with E-state index in [1.165, 1.54) is 25.3 Å². The zero-order valence-electron chi connectivity index (χ0n) is 15.9. The second kappa shape index (κ2) is 8.29. The maximum absolute atomic E-state index is 14.1. The lowest BCUT2D eigenvalue weighted by Crippen LogP contribution is -2.12. The Balaban J connectivity index is 1.87. The van der Waals surface area contributed by atoms with Crippen LogP contribution in [0.2, 0.25) is 0 Å². The quantitative estimate of drug-likeness (QED) is 0.582. The molecule has 0 unspecified atom stereocenters. The standard InChI is InChI=1S/C22H21FN2O3S/c1-28-15-3-5-20(17(11-15)22(26)27)25-21-16-10-14(23)2-4-19(16)24-12-18(21)13-6-8-29-9-7-13/h2-5,10-13H,6-9H2,1H3,(H,24,25)(H,26,27). The van der Waals surface area contributed by atoms with E-state index in [1.807, 2.05) is 18.0 Å². The molecule has 150 valence electrons. The number of ether oxygens (including phenoxy) is 1. The first kappa shape index (κ1) is 19.5. The van der Waals surface area contributed by atoms with Crippen LogP contribution >= 0.6 is 11.8 Å². The third kappa shape index (κ3) is 4.00. The van der Waals surface area contributed by atoms with Crippen molar-refractivity contribution in [2.24, 2.45) is 0 Å². The second-order valence-corrected chi connectivity index (χ2v) is 8.20. The Hall–Kier alpha value is -2.80. The van der Waals surface area contributed by atoms with Gasteiger partial charge in [0.05, 0.1) is 29.6 Å². The highest BCUT2D eigenvalue weighted by atomic mass is 32.2. The molecule has 1 aliphatic heterocycles. The van der Waals surface area contributed by atoms with E-state index in [1.54, 1.807) is 18.2 Å². The molecule has 0 bridgehead atoms. The number of rotatable bonds is 5. The summed E-state index contributed by atoms with van der Waals surface area (Å²) in [7, 11) is 1.49. The first-order chi connectivity index (χ1) is 14.1. The molecule has 0 radical (unpaired) electrons. The van der Waals surface area contributed by atoms with Gasteiger partial charge in [0, 0.05) is 11.6 Å². The maximum Gasteiger partial charge on any atom is 0.337 e. The Morgan fingerprint density at radius 1 is 1.24 bits per heavy atom. The van der Waals surface area contributed by atoms with Crippen molar-refractivity contribution >= 4 is 40.0 Å². The number of methoxy groups -OCH3 is 1. The molecule has 4 rings (SSSR count). The summed E-state index contributed by atoms with van der Waals surface area (Å²) >= 11 is 1.93. The summed E-state index contributed by atoms with van der Waals surface area (Å²) in [6.07, 6.45) is 3.86. The number of nitrogens with one attached hydrogen (secondary N) is 1. The number of hydrogen-bond donors (Lipinski definition) is 2. The first-order valence-corrected chi connectivity index (χ1v) is 10.6. The number of pyridine rings is 1. The number of carboxylic acids is 1. The maximum atomic E-state index is 14.1. The zero-order valence-corrected chi connectivity index (χ0v) is 16.8. The minimum Gasteiger partial charge on any atom is -0.497 e. The molecule has 0 spiro atoms. The van der Waals surface area contributed by atoms with Crippen molar-refractivity contribution in [3.63, 3.8) is 0 Å². The van der Waals surface area contributed by atoms with Gasteiger partial charge in [-0.15, -0.1) is 0 Å². The van der Waals surface area contributed by atoms with Gasteiger partial charge in [0.1, 0.15) is 11.6 Å². The van der Waals surface area contributed by atoms with Crippen LogP contribution in [0.25, 0.3) is 10.9 Å². The summed E-state index contributed by atoms with van der Waals surface area (Å²) in [5.41, 5.74) is 2.90. The molecular weight excluding hydrogens is 391 g/mol. The topological polar surface area (TPSA) is 71.5 Å². The SMILES string of the molecule is COc1ccc(Nc2c(C3CCSCC3)cnc3ccc(F)cc23)c(C(=O)O)c1. The van der Waals surface area contributed by atoms with Gasteiger partial charge < -0.3 is 15.2 Å². The van der Waals surface area contributed by atoms with Crippen LogP contribution in [-0.4, -0.2) is 34.7 Å². The van der Waals surface area contributed by atoms with E-state index >= 15 is 0 Å². The monoisotopic (exact) mass is 412 g/mol. The van der Waals surface area contributed by atoms with Crippen LogP contribution in [0.1, 0.15) is 34.7 Å². The van der Waals surface area contributed by atoms with Gasteiger partial charge >= 0.3 is 5.97 Å². The smallest absolute Gasteiger partial charge is 0.337 e. The lowest BCUT2D eigenvalue weighted by molar-refractivity contribution is 0.0697. The van der Waals surface area contributed by atoms with Crippen LogP contribution in [0, 0.1) is 5.82 Å². The van der Waals surface area contributed by atoms with E-state index in [-0.39, 0.29) is 11.4 Å². The lowest BCUT2D eigenvalue weighted by Gasteiger charge is -2.25. The van der Waals surface area contributed by atoms with E-state index in [0.717, 1.165) is 35.6 Å². The van der Waals surface area contributed by atoms with Crippen molar-refractivity contribution in [3.05, 3.63) is 59.5 Å². The molecule has 7 heteroatoms. The number of aromatic nitrogens is 1. The summed E-state index contributed by atoms with van der Waals surface area (Å²) in [6.45, 7) is 0. The molecule has 0 atom stereocenters. The van der Waals surface area contributed by atoms with Gasteiger partial charge in [0.15, 0.2) is 0 Å². The largest absolute Gasteiger partial charge is 0.497 e. The van der Waals surface area contributed by atoms with Gasteiger partial charge in [-0.3, -0.25) is 4.98 Å². The number of anilines is 2. The molecule has 0 saturated carbocycles. The minimum absolute atomic E-state index is 0.0934. The first-order valence-electron chi connectivity index (χ1n) is 9.41. The van der Waals surface area contributed by atoms with E-state index in [4.69, 9.17) is 4.74 Å². The summed E-state index contributed by atoms with van der Waals surface area (Å²) in [5, 5.41) is 13.6. The van der Waals surface area contributed by atoms with Crippen molar-refractivity contribution < 1.29 is 19.0 Å². The number of benzene rings is 2. The van der Waals surface area contributed by atoms with Crippen LogP contribution in [-0.2, 0) is 0 Å². The highest BCUT2D eigenvalue weighted by molar-refractivity contribution is 7.99. The molecule has 2 heterocycles. The summed E-state index contributed by atoms with van der Waals surface area (Å²) in [5.74, 6) is 1.47. The molecule has 5 nitrogen and oxygen atoms in total. The van der Waals surface area contributed by atoms with Crippen LogP contribution < -0.4 is 10.1 Å². The van der Waals surface area contributed by atoms with E-state index in [2.05, 4.69) is 10.3 Å². The Morgan fingerprint density at radius 2 is 2.03 bits per heavy atom. The molecule has 2 N–H and O–H groups in total. The number of fused-ring (bicyclic) bond motifs is 1. The summed E-state index contributed by atoms with van der Waals surface area (Å²) < 4.78 is 19.2. The van der Waals surface area contributed by atoms with Crippen molar-refractivity contribution in [3.8, 4) is 5.75 Å². The molecule has 1 aromatic heterocycles. The Labute approximate surface area is 172 Å². The number of aromatic carboxylic acids is 1. The molecule has 1 saturated heterocycles. The number of nitrogens with zero attached hydrogens (tertiary/aromatic N) is 1. The van der Waals surface area contributed by atoms with Gasteiger partial charge in [-0.25, -0.2) is 9.18 Å². The van der Waals surface area contributed by atoms with E-state index in [9.17, 15) is 14.3 Å². The Kier molecular flexibility index (Phi) is 5.58. The molecule has 0 aliphatic carbocycles. The number of carboxylic acid groups (broad SMARTS) is 1. The van der Waals surface area contributed by atoms with Gasteiger partial charge in [-0.1, -0.05) is 0 Å². The summed E-state index contributed by atoms with van der Waals surface area (Å²) in [4.78, 5) is 16.3. The summed E-state index contributed by atoms with van der Waals surface area (Å²) in [6, 6.07) is 9.33. The Bertz CT molecular complexity index is 1070. The third-order valence-electron chi connectivity index (χ3n) is 5.24. The number of thioether (sulfide) groups is 1. The predicted octanol–water partition coefficient (Wildman–Crippen LogP) is 5.43. The fraction of sp³-hybridized carbons (Fsp3) is 0.273. The lowest BCUT2D eigenvalue weighted by atomic mass is 9.91. The Morgan fingerprint density at radius 3 is 2.76 bits per heavy atom. The molecular formula is C22H21FN2O3S. The normalized spacial score (nSPS) is 14.7. The van der Waals surface area contributed by atoms with E-state index < -0.39 is 5.97 Å². The molecule has 2 aromatic carbocycles. The van der Waals surface area contributed by atoms with Crippen molar-refractivity contribution in [1.82, 2.24) is 4.98 Å². The number of carbonyl (C=O) groups is 1. The van der Waals surface area contributed by atoms with E-state index in [0.29, 0.717) is 28.3 Å². The highest BCUT2D eigenvalue weighted by Crippen LogP contribution is 2.40. The highest BCUT2D eigenvalue weighted by Gasteiger charge is 2.22. The van der Waals surface area contributed by atoms with Crippen LogP contribution in [0.15, 0.2) is 42.6 Å².